The van der Waals surface area contributed by atoms with Crippen molar-refractivity contribution in [3.63, 3.8) is 0 Å². The fourth-order valence-electron chi connectivity index (χ4n) is 2.93. The molecule has 3 N–H and O–H groups in total. The van der Waals surface area contributed by atoms with Gasteiger partial charge in [-0.2, -0.15) is 0 Å². The van der Waals surface area contributed by atoms with E-state index in [1.54, 1.807) is 0 Å². The van der Waals surface area contributed by atoms with Crippen molar-refractivity contribution in [2.75, 3.05) is 11.9 Å². The minimum Gasteiger partial charge on any atom is -0.394 e. The average molecular weight is 331 g/mol. The van der Waals surface area contributed by atoms with Gasteiger partial charge in [-0.3, -0.25) is 0 Å². The number of fused-ring (bicyclic) bond motifs is 1. The van der Waals surface area contributed by atoms with Gasteiger partial charge >= 0.3 is 6.03 Å². The Morgan fingerprint density at radius 2 is 1.92 bits per heavy atom. The zero-order chi connectivity index (χ0) is 17.7. The van der Waals surface area contributed by atoms with Gasteiger partial charge in [-0.05, 0) is 42.5 Å². The summed E-state index contributed by atoms with van der Waals surface area (Å²) in [5.74, 6) is 1.00. The number of rotatable bonds is 7. The highest BCUT2D eigenvalue weighted by Crippen LogP contribution is 2.21. The third-order valence-electron chi connectivity index (χ3n) is 3.90. The first-order valence-corrected chi connectivity index (χ1v) is 8.66. The van der Waals surface area contributed by atoms with Crippen LogP contribution in [-0.4, -0.2) is 28.4 Å². The van der Waals surface area contributed by atoms with Crippen LogP contribution in [0.4, 0.5) is 10.5 Å². The number of aromatic nitrogens is 1. The van der Waals surface area contributed by atoms with Crippen LogP contribution in [-0.2, 0) is 6.54 Å². The van der Waals surface area contributed by atoms with Crippen LogP contribution in [0, 0.1) is 11.8 Å². The van der Waals surface area contributed by atoms with Crippen LogP contribution >= 0.6 is 0 Å². The van der Waals surface area contributed by atoms with Gasteiger partial charge in [0, 0.05) is 29.3 Å². The molecule has 132 valence electrons. The fourth-order valence-corrected chi connectivity index (χ4v) is 2.93. The zero-order valence-corrected chi connectivity index (χ0v) is 15.0. The first kappa shape index (κ1) is 18.3. The third-order valence-corrected chi connectivity index (χ3v) is 3.90. The number of hydrogen-bond acceptors (Lipinski definition) is 2. The van der Waals surface area contributed by atoms with E-state index in [9.17, 15) is 9.90 Å². The smallest absolute Gasteiger partial charge is 0.319 e. The van der Waals surface area contributed by atoms with Crippen molar-refractivity contribution >= 4 is 22.6 Å². The molecule has 0 saturated carbocycles. The first-order chi connectivity index (χ1) is 11.4. The van der Waals surface area contributed by atoms with Crippen LogP contribution in [0.1, 0.15) is 34.1 Å². The molecule has 1 aromatic carbocycles. The third kappa shape index (κ3) is 4.99. The van der Waals surface area contributed by atoms with E-state index in [0.717, 1.165) is 24.0 Å². The van der Waals surface area contributed by atoms with Gasteiger partial charge in [-0.15, -0.1) is 0 Å². The highest BCUT2D eigenvalue weighted by molar-refractivity contribution is 5.93. The van der Waals surface area contributed by atoms with Crippen LogP contribution in [0.25, 0.3) is 10.9 Å². The molecule has 1 atom stereocenters. The maximum atomic E-state index is 12.1. The first-order valence-electron chi connectivity index (χ1n) is 8.66. The number of nitrogens with zero attached hydrogens (tertiary/aromatic N) is 1. The van der Waals surface area contributed by atoms with E-state index in [4.69, 9.17) is 0 Å². The summed E-state index contributed by atoms with van der Waals surface area (Å²) >= 11 is 0. The molecule has 5 nitrogen and oxygen atoms in total. The van der Waals surface area contributed by atoms with Gasteiger partial charge < -0.3 is 20.3 Å². The highest BCUT2D eigenvalue weighted by atomic mass is 16.3. The summed E-state index contributed by atoms with van der Waals surface area (Å²) in [6.45, 7) is 9.45. The van der Waals surface area contributed by atoms with E-state index in [2.05, 4.69) is 55.2 Å². The van der Waals surface area contributed by atoms with Crippen LogP contribution in [0.3, 0.4) is 0 Å². The zero-order valence-electron chi connectivity index (χ0n) is 15.0. The lowest BCUT2D eigenvalue weighted by Gasteiger charge is -2.18. The Kier molecular flexibility index (Phi) is 6.26. The molecule has 24 heavy (non-hydrogen) atoms. The van der Waals surface area contributed by atoms with Crippen LogP contribution in [0.15, 0.2) is 30.5 Å². The van der Waals surface area contributed by atoms with Crippen molar-refractivity contribution in [2.24, 2.45) is 11.8 Å². The van der Waals surface area contributed by atoms with Gasteiger partial charge in [0.2, 0.25) is 0 Å². The van der Waals surface area contributed by atoms with E-state index in [0.29, 0.717) is 11.8 Å². The molecule has 1 heterocycles. The molecule has 1 aromatic heterocycles. The Bertz CT molecular complexity index is 676. The number of amides is 2. The predicted molar refractivity (Wildman–Crippen MR) is 99.3 cm³/mol. The Morgan fingerprint density at radius 1 is 1.17 bits per heavy atom. The predicted octanol–water partition coefficient (Wildman–Crippen LogP) is 3.83. The van der Waals surface area contributed by atoms with E-state index in [1.807, 2.05) is 18.2 Å². The van der Waals surface area contributed by atoms with Crippen molar-refractivity contribution < 1.29 is 9.90 Å². The van der Waals surface area contributed by atoms with Crippen LogP contribution in [0.5, 0.6) is 0 Å². The van der Waals surface area contributed by atoms with Gasteiger partial charge in [-0.25, -0.2) is 4.79 Å². The molecule has 2 amide bonds. The number of carbonyl (C=O) groups excluding carboxylic acids is 1. The molecule has 1 unspecified atom stereocenters. The minimum atomic E-state index is -0.282. The van der Waals surface area contributed by atoms with Gasteiger partial charge in [0.05, 0.1) is 12.6 Å². The van der Waals surface area contributed by atoms with Gasteiger partial charge in [-0.1, -0.05) is 27.7 Å². The second kappa shape index (κ2) is 8.20. The number of urea groups is 1. The molecular weight excluding hydrogens is 302 g/mol. The summed E-state index contributed by atoms with van der Waals surface area (Å²) in [6.07, 6.45) is 2.83. The molecule has 0 radical (unpaired) electrons. The molecule has 2 aromatic rings. The Balaban J connectivity index is 2.03. The molecule has 5 heteroatoms. The Morgan fingerprint density at radius 3 is 2.54 bits per heavy atom. The lowest BCUT2D eigenvalue weighted by Crippen LogP contribution is -2.40. The van der Waals surface area contributed by atoms with Crippen molar-refractivity contribution in [2.45, 2.75) is 46.7 Å². The number of aliphatic hydroxyl groups is 1. The summed E-state index contributed by atoms with van der Waals surface area (Å²) in [7, 11) is 0. The lowest BCUT2D eigenvalue weighted by molar-refractivity contribution is 0.214. The topological polar surface area (TPSA) is 66.3 Å². The summed E-state index contributed by atoms with van der Waals surface area (Å²) in [5.41, 5.74) is 1.92. The largest absolute Gasteiger partial charge is 0.394 e. The molecule has 0 aliphatic rings. The molecule has 0 fully saturated rings. The minimum absolute atomic E-state index is 0.0529. The number of anilines is 1. The Hall–Kier alpha value is -2.01. The molecule has 0 bridgehead atoms. The molecule has 0 saturated heterocycles. The van der Waals surface area contributed by atoms with E-state index >= 15 is 0 Å². The van der Waals surface area contributed by atoms with Crippen molar-refractivity contribution in [1.82, 2.24) is 9.88 Å². The summed E-state index contributed by atoms with van der Waals surface area (Å²) in [4.78, 5) is 12.1. The highest BCUT2D eigenvalue weighted by Gasteiger charge is 2.13. The monoisotopic (exact) mass is 331 g/mol. The quantitative estimate of drug-likeness (QED) is 0.722. The second-order valence-electron chi connectivity index (χ2n) is 7.24. The number of hydrogen-bond donors (Lipinski definition) is 3. The summed E-state index contributed by atoms with van der Waals surface area (Å²) in [6, 6.07) is 7.48. The number of nitrogens with one attached hydrogen (secondary N) is 2. The van der Waals surface area contributed by atoms with Crippen LogP contribution < -0.4 is 10.6 Å². The van der Waals surface area contributed by atoms with E-state index in [1.165, 1.54) is 5.52 Å². The fraction of sp³-hybridized carbons (Fsp3) is 0.526. The van der Waals surface area contributed by atoms with Crippen molar-refractivity contribution in [1.29, 1.82) is 0 Å². The summed E-state index contributed by atoms with van der Waals surface area (Å²) in [5, 5.41) is 16.1. The van der Waals surface area contributed by atoms with Crippen molar-refractivity contribution in [3.8, 4) is 0 Å². The SMILES string of the molecule is CC(C)CC(CO)NC(=O)Nc1ccc2c(ccn2CC(C)C)c1. The standard InChI is InChI=1S/C19H29N3O2/c1-13(2)9-17(12-23)21-19(24)20-16-5-6-18-15(10-16)7-8-22(18)11-14(3)4/h5-8,10,13-14,17,23H,9,11-12H2,1-4H3,(H2,20,21,24). The van der Waals surface area contributed by atoms with Gasteiger partial charge in [0.1, 0.15) is 0 Å². The molecule has 2 rings (SSSR count). The summed E-state index contributed by atoms with van der Waals surface area (Å²) < 4.78 is 2.23. The maximum absolute atomic E-state index is 12.1. The average Bonchev–Trinajstić information content (AvgIpc) is 2.87. The van der Waals surface area contributed by atoms with E-state index < -0.39 is 0 Å². The van der Waals surface area contributed by atoms with E-state index in [-0.39, 0.29) is 18.7 Å². The second-order valence-corrected chi connectivity index (χ2v) is 7.24. The van der Waals surface area contributed by atoms with Gasteiger partial charge in [0.15, 0.2) is 0 Å². The van der Waals surface area contributed by atoms with Crippen LogP contribution in [0.2, 0.25) is 0 Å². The molecular formula is C19H29N3O2. The number of benzene rings is 1. The normalized spacial score (nSPS) is 12.8. The maximum Gasteiger partial charge on any atom is 0.319 e. The lowest BCUT2D eigenvalue weighted by atomic mass is 10.0. The Labute approximate surface area is 144 Å². The van der Waals surface area contributed by atoms with Gasteiger partial charge in [0.25, 0.3) is 0 Å². The molecule has 0 aliphatic carbocycles. The number of aliphatic hydroxyl groups excluding tert-OH is 1. The number of carbonyl (C=O) groups is 1. The molecule has 0 aliphatic heterocycles. The molecule has 0 spiro atoms. The van der Waals surface area contributed by atoms with Crippen molar-refractivity contribution in [3.05, 3.63) is 30.5 Å².